The standard InChI is InChI=1S/C13H14F3NO5S/c14-13(15,16)23(19,20)11-3-1-9(2-4-11)12(18)17-7-10-8-21-5-6-22-10/h1-4,10H,5-8H2,(H,17,18)/t10-/m0/s1. The van der Waals surface area contributed by atoms with Crippen LogP contribution in [0.1, 0.15) is 10.4 Å². The van der Waals surface area contributed by atoms with Gasteiger partial charge in [-0.25, -0.2) is 8.42 Å². The Morgan fingerprint density at radius 1 is 1.22 bits per heavy atom. The lowest BCUT2D eigenvalue weighted by atomic mass is 10.2. The Hall–Kier alpha value is -1.65. The first-order valence-corrected chi connectivity index (χ1v) is 8.09. The number of alkyl halides is 3. The first-order valence-electron chi connectivity index (χ1n) is 6.61. The number of carbonyl (C=O) groups excluding carboxylic acids is 1. The van der Waals surface area contributed by atoms with Crippen molar-refractivity contribution in [2.24, 2.45) is 0 Å². The van der Waals surface area contributed by atoms with E-state index in [9.17, 15) is 26.4 Å². The second-order valence-electron chi connectivity index (χ2n) is 4.75. The summed E-state index contributed by atoms with van der Waals surface area (Å²) >= 11 is 0. The van der Waals surface area contributed by atoms with E-state index in [1.807, 2.05) is 0 Å². The summed E-state index contributed by atoms with van der Waals surface area (Å²) in [6.45, 7) is 1.43. The summed E-state index contributed by atoms with van der Waals surface area (Å²) < 4.78 is 70.1. The first kappa shape index (κ1) is 17.7. The quantitative estimate of drug-likeness (QED) is 0.877. The number of ether oxygens (including phenoxy) is 2. The average Bonchev–Trinajstić information content (AvgIpc) is 2.52. The van der Waals surface area contributed by atoms with E-state index >= 15 is 0 Å². The van der Waals surface area contributed by atoms with Crippen molar-refractivity contribution >= 4 is 15.7 Å². The maximum atomic E-state index is 12.4. The third-order valence-electron chi connectivity index (χ3n) is 3.11. The minimum atomic E-state index is -5.42. The summed E-state index contributed by atoms with van der Waals surface area (Å²) in [5, 5.41) is 2.54. The maximum Gasteiger partial charge on any atom is 0.501 e. The normalized spacial score (nSPS) is 19.3. The van der Waals surface area contributed by atoms with Gasteiger partial charge in [0.25, 0.3) is 15.7 Å². The predicted octanol–water partition coefficient (Wildman–Crippen LogP) is 1.13. The molecule has 1 aromatic carbocycles. The number of nitrogens with one attached hydrogen (secondary N) is 1. The molecule has 1 aromatic rings. The summed E-state index contributed by atoms with van der Waals surface area (Å²) in [6, 6.07) is 3.54. The van der Waals surface area contributed by atoms with Gasteiger partial charge in [-0.2, -0.15) is 13.2 Å². The molecule has 0 saturated carbocycles. The van der Waals surface area contributed by atoms with Crippen molar-refractivity contribution in [2.45, 2.75) is 16.5 Å². The molecule has 1 aliphatic heterocycles. The van der Waals surface area contributed by atoms with Crippen molar-refractivity contribution in [3.8, 4) is 0 Å². The van der Waals surface area contributed by atoms with Gasteiger partial charge in [0.15, 0.2) is 0 Å². The highest BCUT2D eigenvalue weighted by Crippen LogP contribution is 2.30. The molecular weight excluding hydrogens is 339 g/mol. The Bertz CT molecular complexity index is 651. The molecule has 0 unspecified atom stereocenters. The first-order chi connectivity index (χ1) is 10.7. The molecular formula is C13H14F3NO5S. The van der Waals surface area contributed by atoms with E-state index in [1.54, 1.807) is 0 Å². The maximum absolute atomic E-state index is 12.4. The molecule has 1 saturated heterocycles. The second kappa shape index (κ2) is 6.85. The molecule has 1 atom stereocenters. The monoisotopic (exact) mass is 353 g/mol. The van der Waals surface area contributed by atoms with Crippen LogP contribution in [0.15, 0.2) is 29.2 Å². The molecule has 23 heavy (non-hydrogen) atoms. The van der Waals surface area contributed by atoms with Gasteiger partial charge in [0.05, 0.1) is 30.8 Å². The van der Waals surface area contributed by atoms with Crippen LogP contribution in [0.4, 0.5) is 13.2 Å². The Morgan fingerprint density at radius 2 is 1.87 bits per heavy atom. The molecule has 10 heteroatoms. The van der Waals surface area contributed by atoms with Gasteiger partial charge in [-0.3, -0.25) is 4.79 Å². The lowest BCUT2D eigenvalue weighted by molar-refractivity contribution is -0.0855. The lowest BCUT2D eigenvalue weighted by Gasteiger charge is -2.23. The van der Waals surface area contributed by atoms with Crippen molar-refractivity contribution in [2.75, 3.05) is 26.4 Å². The van der Waals surface area contributed by atoms with Crippen LogP contribution in [0, 0.1) is 0 Å². The van der Waals surface area contributed by atoms with Gasteiger partial charge in [0, 0.05) is 12.1 Å². The molecule has 1 amide bonds. The molecule has 0 spiro atoms. The van der Waals surface area contributed by atoms with Crippen LogP contribution in [0.5, 0.6) is 0 Å². The SMILES string of the molecule is O=C(NC[C@H]1COCCO1)c1ccc(S(=O)(=O)C(F)(F)F)cc1. The third kappa shape index (κ3) is 4.21. The number of rotatable bonds is 4. The summed E-state index contributed by atoms with van der Waals surface area (Å²) in [4.78, 5) is 11.0. The number of halogens is 3. The minimum absolute atomic E-state index is 0.0443. The number of benzene rings is 1. The molecule has 1 heterocycles. The number of sulfone groups is 1. The Morgan fingerprint density at radius 3 is 2.39 bits per heavy atom. The van der Waals surface area contributed by atoms with E-state index in [0.29, 0.717) is 19.8 Å². The van der Waals surface area contributed by atoms with Gasteiger partial charge in [-0.05, 0) is 24.3 Å². The molecule has 0 radical (unpaired) electrons. The topological polar surface area (TPSA) is 81.7 Å². The lowest BCUT2D eigenvalue weighted by Crippen LogP contribution is -2.39. The van der Waals surface area contributed by atoms with Crippen molar-refractivity contribution in [3.05, 3.63) is 29.8 Å². The van der Waals surface area contributed by atoms with E-state index in [1.165, 1.54) is 0 Å². The number of carbonyl (C=O) groups is 1. The smallest absolute Gasteiger partial charge is 0.376 e. The zero-order chi connectivity index (χ0) is 17.1. The highest BCUT2D eigenvalue weighted by molar-refractivity contribution is 7.92. The molecule has 128 valence electrons. The fourth-order valence-corrected chi connectivity index (χ4v) is 2.64. The van der Waals surface area contributed by atoms with Gasteiger partial charge in [-0.15, -0.1) is 0 Å². The Labute approximate surface area is 130 Å². The van der Waals surface area contributed by atoms with E-state index in [2.05, 4.69) is 5.32 Å². The van der Waals surface area contributed by atoms with Crippen LogP contribution in [-0.4, -0.2) is 52.3 Å². The number of hydrogen-bond acceptors (Lipinski definition) is 5. The molecule has 2 rings (SSSR count). The summed E-state index contributed by atoms with van der Waals surface area (Å²) in [5.41, 5.74) is -5.34. The fourth-order valence-electron chi connectivity index (χ4n) is 1.88. The Balaban J connectivity index is 2.00. The number of hydrogen-bond donors (Lipinski definition) is 1. The largest absolute Gasteiger partial charge is 0.501 e. The molecule has 1 fully saturated rings. The van der Waals surface area contributed by atoms with Crippen LogP contribution >= 0.6 is 0 Å². The molecule has 0 aliphatic carbocycles. The Kier molecular flexibility index (Phi) is 5.27. The van der Waals surface area contributed by atoms with Gasteiger partial charge in [-0.1, -0.05) is 0 Å². The number of amides is 1. The second-order valence-corrected chi connectivity index (χ2v) is 6.69. The predicted molar refractivity (Wildman–Crippen MR) is 72.6 cm³/mol. The molecule has 0 bridgehead atoms. The third-order valence-corrected chi connectivity index (χ3v) is 4.61. The van der Waals surface area contributed by atoms with Crippen LogP contribution < -0.4 is 5.32 Å². The van der Waals surface area contributed by atoms with Crippen molar-refractivity contribution in [1.82, 2.24) is 5.32 Å². The van der Waals surface area contributed by atoms with Crippen LogP contribution in [-0.2, 0) is 19.3 Å². The average molecular weight is 353 g/mol. The fraction of sp³-hybridized carbons (Fsp3) is 0.462. The molecule has 1 N–H and O–H groups in total. The van der Waals surface area contributed by atoms with Crippen LogP contribution in [0.2, 0.25) is 0 Å². The molecule has 0 aromatic heterocycles. The van der Waals surface area contributed by atoms with Crippen molar-refractivity contribution in [1.29, 1.82) is 0 Å². The van der Waals surface area contributed by atoms with Crippen molar-refractivity contribution in [3.63, 3.8) is 0 Å². The zero-order valence-corrected chi connectivity index (χ0v) is 12.6. The molecule has 6 nitrogen and oxygen atoms in total. The van der Waals surface area contributed by atoms with E-state index < -0.39 is 26.1 Å². The van der Waals surface area contributed by atoms with Crippen molar-refractivity contribution < 1.29 is 35.9 Å². The summed E-state index contributed by atoms with van der Waals surface area (Å²) in [7, 11) is -5.42. The highest BCUT2D eigenvalue weighted by Gasteiger charge is 2.46. The van der Waals surface area contributed by atoms with E-state index in [-0.39, 0.29) is 18.2 Å². The van der Waals surface area contributed by atoms with Crippen LogP contribution in [0.25, 0.3) is 0 Å². The van der Waals surface area contributed by atoms with Gasteiger partial charge >= 0.3 is 5.51 Å². The minimum Gasteiger partial charge on any atom is -0.376 e. The van der Waals surface area contributed by atoms with E-state index in [0.717, 1.165) is 24.3 Å². The zero-order valence-electron chi connectivity index (χ0n) is 11.8. The highest BCUT2D eigenvalue weighted by atomic mass is 32.2. The molecule has 1 aliphatic rings. The van der Waals surface area contributed by atoms with Gasteiger partial charge in [0.2, 0.25) is 0 Å². The summed E-state index contributed by atoms with van der Waals surface area (Å²) in [5.74, 6) is -0.546. The van der Waals surface area contributed by atoms with Gasteiger partial charge < -0.3 is 14.8 Å². The van der Waals surface area contributed by atoms with Crippen LogP contribution in [0.3, 0.4) is 0 Å². The van der Waals surface area contributed by atoms with Gasteiger partial charge in [0.1, 0.15) is 0 Å². The van der Waals surface area contributed by atoms with E-state index in [4.69, 9.17) is 9.47 Å². The summed E-state index contributed by atoms with van der Waals surface area (Å²) in [6.07, 6.45) is -0.294.